The van der Waals surface area contributed by atoms with Gasteiger partial charge in [0.1, 0.15) is 5.82 Å². The molecule has 0 aliphatic heterocycles. The lowest BCUT2D eigenvalue weighted by molar-refractivity contribution is 0.249. The number of rotatable bonds is 3. The highest BCUT2D eigenvalue weighted by molar-refractivity contribution is 5.88. The summed E-state index contributed by atoms with van der Waals surface area (Å²) in [5.74, 6) is 0.554. The molecule has 5 heteroatoms. The standard InChI is InChI=1S/C15H18N4O/c1-10-7-11(2)17-14(8-10)19-15(20)18-12(3)13-5-4-6-16-9-13/h4-9,12H,1-3H3,(H2,17,18,19,20)/t12-/m1/s1. The Morgan fingerprint density at radius 3 is 2.75 bits per heavy atom. The number of anilines is 1. The Labute approximate surface area is 118 Å². The summed E-state index contributed by atoms with van der Waals surface area (Å²) in [4.78, 5) is 20.2. The van der Waals surface area contributed by atoms with Crippen molar-refractivity contribution in [1.29, 1.82) is 0 Å². The second-order valence-corrected chi connectivity index (χ2v) is 4.78. The van der Waals surface area contributed by atoms with Crippen LogP contribution in [-0.4, -0.2) is 16.0 Å². The average molecular weight is 270 g/mol. The van der Waals surface area contributed by atoms with E-state index in [2.05, 4.69) is 20.6 Å². The van der Waals surface area contributed by atoms with E-state index in [1.165, 1.54) is 0 Å². The quantitative estimate of drug-likeness (QED) is 0.901. The molecule has 1 atom stereocenters. The number of carbonyl (C=O) groups is 1. The number of pyridine rings is 2. The Morgan fingerprint density at radius 1 is 1.30 bits per heavy atom. The van der Waals surface area contributed by atoms with Gasteiger partial charge in [-0.25, -0.2) is 9.78 Å². The van der Waals surface area contributed by atoms with Crippen LogP contribution >= 0.6 is 0 Å². The zero-order valence-electron chi connectivity index (χ0n) is 11.8. The molecule has 2 amide bonds. The second kappa shape index (κ2) is 6.14. The van der Waals surface area contributed by atoms with Crippen LogP contribution in [0.15, 0.2) is 36.7 Å². The topological polar surface area (TPSA) is 66.9 Å². The summed E-state index contributed by atoms with van der Waals surface area (Å²) in [6.45, 7) is 5.77. The normalized spacial score (nSPS) is 11.8. The van der Waals surface area contributed by atoms with Crippen LogP contribution in [0.3, 0.4) is 0 Å². The molecule has 2 heterocycles. The number of hydrogen-bond donors (Lipinski definition) is 2. The number of aryl methyl sites for hydroxylation is 2. The summed E-state index contributed by atoms with van der Waals surface area (Å²) in [6.07, 6.45) is 3.44. The SMILES string of the molecule is Cc1cc(C)nc(NC(=O)N[C@H](C)c2cccnc2)c1. The van der Waals surface area contributed by atoms with Crippen molar-refractivity contribution in [2.45, 2.75) is 26.8 Å². The molecule has 0 aliphatic carbocycles. The molecule has 0 saturated carbocycles. The minimum Gasteiger partial charge on any atom is -0.331 e. The van der Waals surface area contributed by atoms with Gasteiger partial charge in [-0.2, -0.15) is 0 Å². The molecule has 0 aromatic carbocycles. The Balaban J connectivity index is 1.99. The molecule has 0 aliphatic rings. The van der Waals surface area contributed by atoms with Crippen molar-refractivity contribution in [3.8, 4) is 0 Å². The van der Waals surface area contributed by atoms with Crippen molar-refractivity contribution in [3.63, 3.8) is 0 Å². The summed E-state index contributed by atoms with van der Waals surface area (Å²) in [5, 5.41) is 5.60. The van der Waals surface area contributed by atoms with Gasteiger partial charge in [0.05, 0.1) is 6.04 Å². The number of carbonyl (C=O) groups excluding carboxylic acids is 1. The summed E-state index contributed by atoms with van der Waals surface area (Å²) in [5.41, 5.74) is 2.89. The molecule has 0 spiro atoms. The van der Waals surface area contributed by atoms with Crippen LogP contribution < -0.4 is 10.6 Å². The van der Waals surface area contributed by atoms with E-state index < -0.39 is 0 Å². The lowest BCUT2D eigenvalue weighted by atomic mass is 10.1. The Morgan fingerprint density at radius 2 is 2.10 bits per heavy atom. The fourth-order valence-electron chi connectivity index (χ4n) is 1.97. The van der Waals surface area contributed by atoms with Crippen LogP contribution in [0, 0.1) is 13.8 Å². The van der Waals surface area contributed by atoms with E-state index in [4.69, 9.17) is 0 Å². The first-order valence-corrected chi connectivity index (χ1v) is 6.47. The maximum Gasteiger partial charge on any atom is 0.320 e. The lowest BCUT2D eigenvalue weighted by Gasteiger charge is -2.14. The minimum absolute atomic E-state index is 0.116. The number of urea groups is 1. The van der Waals surface area contributed by atoms with Gasteiger partial charge in [0.2, 0.25) is 0 Å². The van der Waals surface area contributed by atoms with E-state index in [0.717, 1.165) is 16.8 Å². The van der Waals surface area contributed by atoms with Gasteiger partial charge in [0.15, 0.2) is 0 Å². The number of hydrogen-bond acceptors (Lipinski definition) is 3. The first kappa shape index (κ1) is 14.0. The van der Waals surface area contributed by atoms with Gasteiger partial charge in [-0.15, -0.1) is 0 Å². The van der Waals surface area contributed by atoms with E-state index in [1.807, 2.05) is 45.0 Å². The molecule has 0 saturated heterocycles. The Bertz CT molecular complexity index is 578. The molecule has 2 rings (SSSR count). The molecule has 0 bridgehead atoms. The zero-order valence-corrected chi connectivity index (χ0v) is 11.8. The lowest BCUT2D eigenvalue weighted by Crippen LogP contribution is -2.31. The van der Waals surface area contributed by atoms with Gasteiger partial charge < -0.3 is 5.32 Å². The van der Waals surface area contributed by atoms with Gasteiger partial charge in [0, 0.05) is 18.1 Å². The predicted molar refractivity (Wildman–Crippen MR) is 78.5 cm³/mol. The minimum atomic E-state index is -0.279. The maximum atomic E-state index is 11.9. The van der Waals surface area contributed by atoms with Crippen LogP contribution in [0.5, 0.6) is 0 Å². The van der Waals surface area contributed by atoms with Crippen molar-refractivity contribution in [2.75, 3.05) is 5.32 Å². The van der Waals surface area contributed by atoms with E-state index in [0.29, 0.717) is 5.82 Å². The number of nitrogens with one attached hydrogen (secondary N) is 2. The first-order chi connectivity index (χ1) is 9.54. The molecule has 2 N–H and O–H groups in total. The van der Waals surface area contributed by atoms with E-state index >= 15 is 0 Å². The molecule has 0 unspecified atom stereocenters. The van der Waals surface area contributed by atoms with Gasteiger partial charge in [0.25, 0.3) is 0 Å². The van der Waals surface area contributed by atoms with E-state index in [-0.39, 0.29) is 12.1 Å². The van der Waals surface area contributed by atoms with E-state index in [1.54, 1.807) is 12.4 Å². The van der Waals surface area contributed by atoms with Gasteiger partial charge >= 0.3 is 6.03 Å². The van der Waals surface area contributed by atoms with Crippen LogP contribution in [-0.2, 0) is 0 Å². The van der Waals surface area contributed by atoms with Gasteiger partial charge in [-0.3, -0.25) is 10.3 Å². The molecular formula is C15H18N4O. The highest BCUT2D eigenvalue weighted by atomic mass is 16.2. The summed E-state index contributed by atoms with van der Waals surface area (Å²) < 4.78 is 0. The fourth-order valence-corrected chi connectivity index (χ4v) is 1.97. The molecule has 0 fully saturated rings. The predicted octanol–water partition coefficient (Wildman–Crippen LogP) is 2.98. The number of amides is 2. The van der Waals surface area contributed by atoms with Crippen LogP contribution in [0.25, 0.3) is 0 Å². The molecule has 2 aromatic heterocycles. The molecular weight excluding hydrogens is 252 g/mol. The molecule has 104 valence electrons. The zero-order chi connectivity index (χ0) is 14.5. The van der Waals surface area contributed by atoms with Crippen molar-refractivity contribution in [1.82, 2.24) is 15.3 Å². The number of aromatic nitrogens is 2. The van der Waals surface area contributed by atoms with Crippen molar-refractivity contribution in [2.24, 2.45) is 0 Å². The van der Waals surface area contributed by atoms with Crippen molar-refractivity contribution < 1.29 is 4.79 Å². The summed E-state index contributed by atoms with van der Waals surface area (Å²) in [6, 6.07) is 7.17. The van der Waals surface area contributed by atoms with Crippen LogP contribution in [0.4, 0.5) is 10.6 Å². The van der Waals surface area contributed by atoms with Crippen LogP contribution in [0.1, 0.15) is 29.8 Å². The average Bonchev–Trinajstić information content (AvgIpc) is 2.38. The number of nitrogens with zero attached hydrogens (tertiary/aromatic N) is 2. The third-order valence-corrected chi connectivity index (χ3v) is 2.87. The smallest absolute Gasteiger partial charge is 0.320 e. The summed E-state index contributed by atoms with van der Waals surface area (Å²) >= 11 is 0. The summed E-state index contributed by atoms with van der Waals surface area (Å²) in [7, 11) is 0. The highest BCUT2D eigenvalue weighted by Crippen LogP contribution is 2.11. The first-order valence-electron chi connectivity index (χ1n) is 6.47. The van der Waals surface area contributed by atoms with Crippen LogP contribution in [0.2, 0.25) is 0 Å². The van der Waals surface area contributed by atoms with E-state index in [9.17, 15) is 4.79 Å². The second-order valence-electron chi connectivity index (χ2n) is 4.78. The Kier molecular flexibility index (Phi) is 4.30. The fraction of sp³-hybridized carbons (Fsp3) is 0.267. The van der Waals surface area contributed by atoms with Gasteiger partial charge in [-0.05, 0) is 50.1 Å². The third-order valence-electron chi connectivity index (χ3n) is 2.87. The molecule has 2 aromatic rings. The maximum absolute atomic E-state index is 11.9. The highest BCUT2D eigenvalue weighted by Gasteiger charge is 2.10. The molecule has 20 heavy (non-hydrogen) atoms. The molecule has 0 radical (unpaired) electrons. The monoisotopic (exact) mass is 270 g/mol. The third kappa shape index (κ3) is 3.78. The van der Waals surface area contributed by atoms with Crippen molar-refractivity contribution in [3.05, 3.63) is 53.5 Å². The molecule has 5 nitrogen and oxygen atoms in total. The van der Waals surface area contributed by atoms with Gasteiger partial charge in [-0.1, -0.05) is 6.07 Å². The Hall–Kier alpha value is -2.43. The van der Waals surface area contributed by atoms with Crippen molar-refractivity contribution >= 4 is 11.8 Å². The largest absolute Gasteiger partial charge is 0.331 e.